The fourth-order valence-corrected chi connectivity index (χ4v) is 6.03. The molecule has 0 spiro atoms. The Morgan fingerprint density at radius 1 is 0.929 bits per heavy atom. The van der Waals surface area contributed by atoms with Gasteiger partial charge < -0.3 is 15.0 Å². The van der Waals surface area contributed by atoms with E-state index in [4.69, 9.17) is 16.3 Å². The van der Waals surface area contributed by atoms with E-state index in [9.17, 15) is 18.0 Å². The van der Waals surface area contributed by atoms with Crippen molar-refractivity contribution in [3.8, 4) is 5.75 Å². The van der Waals surface area contributed by atoms with Crippen LogP contribution >= 0.6 is 11.6 Å². The van der Waals surface area contributed by atoms with Gasteiger partial charge in [0.2, 0.25) is 11.8 Å². The van der Waals surface area contributed by atoms with Gasteiger partial charge in [-0.25, -0.2) is 8.42 Å². The molecule has 0 aliphatic heterocycles. The van der Waals surface area contributed by atoms with Crippen LogP contribution in [0.25, 0.3) is 0 Å². The Bertz CT molecular complexity index is 1420. The minimum absolute atomic E-state index is 0.0121. The van der Waals surface area contributed by atoms with E-state index >= 15 is 0 Å². The van der Waals surface area contributed by atoms with E-state index < -0.39 is 34.1 Å². The molecule has 8 nitrogen and oxygen atoms in total. The smallest absolute Gasteiger partial charge is 0.264 e. The van der Waals surface area contributed by atoms with Crippen molar-refractivity contribution < 1.29 is 22.7 Å². The number of hydrogen-bond acceptors (Lipinski definition) is 5. The number of carbonyl (C=O) groups excluding carboxylic acids is 2. The molecule has 1 unspecified atom stereocenters. The first-order chi connectivity index (χ1) is 19.9. The fraction of sp³-hybridized carbons (Fsp3) is 0.375. The zero-order valence-corrected chi connectivity index (χ0v) is 26.4. The second kappa shape index (κ2) is 14.6. The molecule has 1 atom stereocenters. The average Bonchev–Trinajstić information content (AvgIpc) is 2.94. The summed E-state index contributed by atoms with van der Waals surface area (Å²) in [7, 11) is -4.19. The highest BCUT2D eigenvalue weighted by molar-refractivity contribution is 7.92. The molecule has 3 rings (SSSR count). The topological polar surface area (TPSA) is 96.0 Å². The van der Waals surface area contributed by atoms with Crippen LogP contribution in [0.15, 0.2) is 83.8 Å². The van der Waals surface area contributed by atoms with E-state index in [1.54, 1.807) is 24.3 Å². The third-order valence-corrected chi connectivity index (χ3v) is 8.52. The van der Waals surface area contributed by atoms with Gasteiger partial charge in [-0.15, -0.1) is 0 Å². The van der Waals surface area contributed by atoms with Crippen molar-refractivity contribution in [2.24, 2.45) is 0 Å². The zero-order valence-electron chi connectivity index (χ0n) is 24.8. The highest BCUT2D eigenvalue weighted by Gasteiger charge is 2.34. The summed E-state index contributed by atoms with van der Waals surface area (Å²) in [6.07, 6.45) is 0.855. The Hall–Kier alpha value is -3.56. The number of carbonyl (C=O) groups is 2. The zero-order chi connectivity index (χ0) is 30.9. The van der Waals surface area contributed by atoms with Gasteiger partial charge in [0.25, 0.3) is 10.0 Å². The maximum Gasteiger partial charge on any atom is 0.264 e. The number of nitrogens with zero attached hydrogens (tertiary/aromatic N) is 2. The lowest BCUT2D eigenvalue weighted by atomic mass is 10.1. The fourth-order valence-electron chi connectivity index (χ4n) is 4.49. The van der Waals surface area contributed by atoms with E-state index in [0.29, 0.717) is 30.2 Å². The van der Waals surface area contributed by atoms with Crippen molar-refractivity contribution in [2.45, 2.75) is 63.9 Å². The highest BCUT2D eigenvalue weighted by atomic mass is 35.5. The van der Waals surface area contributed by atoms with Gasteiger partial charge in [-0.3, -0.25) is 13.9 Å². The van der Waals surface area contributed by atoms with Gasteiger partial charge in [-0.05, 0) is 94.6 Å². The van der Waals surface area contributed by atoms with E-state index in [1.165, 1.54) is 29.2 Å². The van der Waals surface area contributed by atoms with Crippen LogP contribution in [0, 0.1) is 0 Å². The van der Waals surface area contributed by atoms with Crippen LogP contribution in [0.5, 0.6) is 5.75 Å². The molecule has 10 heteroatoms. The minimum atomic E-state index is -4.19. The molecule has 0 bridgehead atoms. The molecule has 0 saturated carbocycles. The lowest BCUT2D eigenvalue weighted by Crippen LogP contribution is -2.56. The lowest BCUT2D eigenvalue weighted by Gasteiger charge is -2.34. The normalized spacial score (nSPS) is 12.3. The van der Waals surface area contributed by atoms with Crippen molar-refractivity contribution in [1.29, 1.82) is 0 Å². The molecular formula is C32H40ClN3O5S. The minimum Gasteiger partial charge on any atom is -0.494 e. The molecule has 0 saturated heterocycles. The van der Waals surface area contributed by atoms with E-state index in [2.05, 4.69) is 5.32 Å². The van der Waals surface area contributed by atoms with Gasteiger partial charge in [0, 0.05) is 17.1 Å². The van der Waals surface area contributed by atoms with Crippen LogP contribution in [0.1, 0.15) is 46.6 Å². The first kappa shape index (κ1) is 32.9. The Kier molecular flexibility index (Phi) is 11.4. The van der Waals surface area contributed by atoms with Crippen LogP contribution in [0.4, 0.5) is 5.69 Å². The summed E-state index contributed by atoms with van der Waals surface area (Å²) in [6, 6.07) is 21.2. The second-order valence-corrected chi connectivity index (χ2v) is 13.2. The molecule has 226 valence electrons. The monoisotopic (exact) mass is 613 g/mol. The van der Waals surface area contributed by atoms with Gasteiger partial charge in [0.15, 0.2) is 0 Å². The lowest BCUT2D eigenvalue weighted by molar-refractivity contribution is -0.140. The Morgan fingerprint density at radius 2 is 1.55 bits per heavy atom. The standard InChI is InChI=1S/C32H40ClN3O5S/c1-6-29(31(38)34-32(3,4)5)35(22-21-24-11-9-8-10-12-24)30(37)23-36(26-15-17-27(18-16-26)41-7-2)42(39,40)28-19-13-25(33)14-20-28/h8-20,29H,6-7,21-23H2,1-5H3,(H,34,38). The predicted molar refractivity (Wildman–Crippen MR) is 167 cm³/mol. The molecule has 0 aliphatic rings. The summed E-state index contributed by atoms with van der Waals surface area (Å²) >= 11 is 6.02. The molecule has 0 fully saturated rings. The van der Waals surface area contributed by atoms with Gasteiger partial charge in [-0.1, -0.05) is 48.9 Å². The molecule has 3 aromatic carbocycles. The van der Waals surface area contributed by atoms with Crippen molar-refractivity contribution in [2.75, 3.05) is 24.0 Å². The summed E-state index contributed by atoms with van der Waals surface area (Å²) in [6.45, 7) is 9.50. The van der Waals surface area contributed by atoms with Crippen LogP contribution in [-0.2, 0) is 26.0 Å². The van der Waals surface area contributed by atoms with Gasteiger partial charge in [-0.2, -0.15) is 0 Å². The number of anilines is 1. The number of benzene rings is 3. The van der Waals surface area contributed by atoms with Crippen LogP contribution in [0.3, 0.4) is 0 Å². The number of amides is 2. The number of rotatable bonds is 13. The predicted octanol–water partition coefficient (Wildman–Crippen LogP) is 5.70. The van der Waals surface area contributed by atoms with Crippen LogP contribution in [0.2, 0.25) is 5.02 Å². The van der Waals surface area contributed by atoms with E-state index in [1.807, 2.05) is 65.0 Å². The Balaban J connectivity index is 2.02. The average molecular weight is 614 g/mol. The Morgan fingerprint density at radius 3 is 2.10 bits per heavy atom. The Labute approximate surface area is 254 Å². The molecule has 0 aromatic heterocycles. The third kappa shape index (κ3) is 8.97. The van der Waals surface area contributed by atoms with Gasteiger partial charge in [0.05, 0.1) is 17.2 Å². The summed E-state index contributed by atoms with van der Waals surface area (Å²) in [5.74, 6) is -0.210. The van der Waals surface area contributed by atoms with Crippen molar-refractivity contribution >= 4 is 39.1 Å². The quantitative estimate of drug-likeness (QED) is 0.267. The maximum absolute atomic E-state index is 14.1. The number of ether oxygens (including phenoxy) is 1. The SMILES string of the molecule is CCOc1ccc(N(CC(=O)N(CCc2ccccc2)C(CC)C(=O)NC(C)(C)C)S(=O)(=O)c2ccc(Cl)cc2)cc1. The third-order valence-electron chi connectivity index (χ3n) is 6.48. The molecular weight excluding hydrogens is 574 g/mol. The van der Waals surface area contributed by atoms with Crippen molar-refractivity contribution in [3.05, 3.63) is 89.4 Å². The summed E-state index contributed by atoms with van der Waals surface area (Å²) in [5, 5.41) is 3.37. The largest absolute Gasteiger partial charge is 0.494 e. The molecule has 0 aliphatic carbocycles. The first-order valence-electron chi connectivity index (χ1n) is 14.0. The second-order valence-electron chi connectivity index (χ2n) is 10.9. The summed E-state index contributed by atoms with van der Waals surface area (Å²) < 4.78 is 34.5. The molecule has 3 aromatic rings. The van der Waals surface area contributed by atoms with Crippen LogP contribution < -0.4 is 14.4 Å². The number of hydrogen-bond donors (Lipinski definition) is 1. The number of sulfonamides is 1. The van der Waals surface area contributed by atoms with Crippen LogP contribution in [-0.4, -0.2) is 56.4 Å². The number of nitrogens with one attached hydrogen (secondary N) is 1. The first-order valence-corrected chi connectivity index (χ1v) is 15.8. The summed E-state index contributed by atoms with van der Waals surface area (Å²) in [4.78, 5) is 29.0. The van der Waals surface area contributed by atoms with E-state index in [0.717, 1.165) is 9.87 Å². The van der Waals surface area contributed by atoms with Gasteiger partial charge in [0.1, 0.15) is 18.3 Å². The maximum atomic E-state index is 14.1. The molecule has 2 amide bonds. The molecule has 1 N–H and O–H groups in total. The highest BCUT2D eigenvalue weighted by Crippen LogP contribution is 2.27. The molecule has 0 heterocycles. The molecule has 0 radical (unpaired) electrons. The number of halogens is 1. The van der Waals surface area contributed by atoms with Crippen molar-refractivity contribution in [3.63, 3.8) is 0 Å². The molecule has 42 heavy (non-hydrogen) atoms. The summed E-state index contributed by atoms with van der Waals surface area (Å²) in [5.41, 5.74) is 0.778. The van der Waals surface area contributed by atoms with Gasteiger partial charge >= 0.3 is 0 Å². The van der Waals surface area contributed by atoms with Crippen molar-refractivity contribution in [1.82, 2.24) is 10.2 Å². The van der Waals surface area contributed by atoms with E-state index in [-0.39, 0.29) is 23.0 Å².